The van der Waals surface area contributed by atoms with Gasteiger partial charge in [0.2, 0.25) is 11.8 Å². The summed E-state index contributed by atoms with van der Waals surface area (Å²) in [6.45, 7) is 2.84. The van der Waals surface area contributed by atoms with E-state index in [1.807, 2.05) is 0 Å². The van der Waals surface area contributed by atoms with Crippen LogP contribution in [0.5, 0.6) is 0 Å². The summed E-state index contributed by atoms with van der Waals surface area (Å²) in [6, 6.07) is 3.58. The lowest BCUT2D eigenvalue weighted by Crippen LogP contribution is -2.57. The number of benzene rings is 1. The summed E-state index contributed by atoms with van der Waals surface area (Å²) in [5, 5.41) is -0.0167. The molecular formula is C17H18ClFN2O3. The molecule has 1 aliphatic rings. The van der Waals surface area contributed by atoms with Crippen LogP contribution >= 0.6 is 11.6 Å². The van der Waals surface area contributed by atoms with Gasteiger partial charge in [-0.25, -0.2) is 4.39 Å². The van der Waals surface area contributed by atoms with Crippen molar-refractivity contribution in [3.8, 4) is 0 Å². The normalized spacial score (nSPS) is 18.3. The number of carbonyl (C=O) groups excluding carboxylic acids is 3. The van der Waals surface area contributed by atoms with Crippen LogP contribution in [0.15, 0.2) is 24.3 Å². The van der Waals surface area contributed by atoms with Crippen molar-refractivity contribution in [2.24, 2.45) is 0 Å². The summed E-state index contributed by atoms with van der Waals surface area (Å²) < 4.78 is 13.1. The Balaban J connectivity index is 2.02. The molecule has 1 fully saturated rings. The van der Waals surface area contributed by atoms with Gasteiger partial charge in [0, 0.05) is 32.1 Å². The van der Waals surface area contributed by atoms with Gasteiger partial charge >= 0.3 is 0 Å². The van der Waals surface area contributed by atoms with Crippen LogP contribution in [0.1, 0.15) is 18.9 Å². The standard InChI is InChI=1S/C17H18ClFN2O3/c1-12-17(24)20(7-2-10-22)8-9-21(12)16(23)6-4-13-3-5-15(19)14(18)11-13/h3-6,10-12H,2,7-9H2,1H3. The highest BCUT2D eigenvalue weighted by Gasteiger charge is 2.32. The fraction of sp³-hybridized carbons (Fsp3) is 0.353. The highest BCUT2D eigenvalue weighted by molar-refractivity contribution is 6.30. The molecule has 1 atom stereocenters. The van der Waals surface area contributed by atoms with Gasteiger partial charge in [-0.05, 0) is 30.7 Å². The van der Waals surface area contributed by atoms with Gasteiger partial charge in [-0.1, -0.05) is 17.7 Å². The molecule has 1 saturated heterocycles. The summed E-state index contributed by atoms with van der Waals surface area (Å²) in [5.74, 6) is -0.994. The van der Waals surface area contributed by atoms with Crippen molar-refractivity contribution in [1.82, 2.24) is 9.80 Å². The Hall–Kier alpha value is -2.21. The Morgan fingerprint density at radius 1 is 1.42 bits per heavy atom. The highest BCUT2D eigenvalue weighted by atomic mass is 35.5. The molecule has 128 valence electrons. The van der Waals surface area contributed by atoms with Crippen LogP contribution in [0, 0.1) is 5.82 Å². The summed E-state index contributed by atoms with van der Waals surface area (Å²) in [4.78, 5) is 38.0. The minimum atomic E-state index is -0.584. The van der Waals surface area contributed by atoms with Gasteiger partial charge in [0.05, 0.1) is 5.02 Å². The molecule has 24 heavy (non-hydrogen) atoms. The van der Waals surface area contributed by atoms with Crippen molar-refractivity contribution in [1.29, 1.82) is 0 Å². The Bertz CT molecular complexity index is 678. The lowest BCUT2D eigenvalue weighted by Gasteiger charge is -2.38. The first-order valence-electron chi connectivity index (χ1n) is 7.60. The molecule has 0 saturated carbocycles. The van der Waals surface area contributed by atoms with Crippen molar-refractivity contribution in [2.45, 2.75) is 19.4 Å². The third-order valence-electron chi connectivity index (χ3n) is 3.91. The predicted molar refractivity (Wildman–Crippen MR) is 88.9 cm³/mol. The second-order valence-electron chi connectivity index (χ2n) is 5.50. The Morgan fingerprint density at radius 2 is 2.17 bits per heavy atom. The first-order valence-corrected chi connectivity index (χ1v) is 7.98. The first-order chi connectivity index (χ1) is 11.4. The maximum atomic E-state index is 13.1. The van der Waals surface area contributed by atoms with E-state index >= 15 is 0 Å². The number of aldehydes is 1. The van der Waals surface area contributed by atoms with Crippen LogP contribution in [-0.4, -0.2) is 53.6 Å². The van der Waals surface area contributed by atoms with Gasteiger partial charge in [0.15, 0.2) is 0 Å². The summed E-state index contributed by atoms with van der Waals surface area (Å²) in [5.41, 5.74) is 0.596. The monoisotopic (exact) mass is 352 g/mol. The zero-order valence-corrected chi connectivity index (χ0v) is 14.0. The number of hydrogen-bond acceptors (Lipinski definition) is 3. The molecule has 0 spiro atoms. The van der Waals surface area contributed by atoms with Crippen LogP contribution in [0.4, 0.5) is 4.39 Å². The van der Waals surface area contributed by atoms with E-state index in [-0.39, 0.29) is 23.3 Å². The number of amides is 2. The minimum absolute atomic E-state index is 0.0167. The van der Waals surface area contributed by atoms with Gasteiger partial charge in [0.1, 0.15) is 18.1 Å². The quantitative estimate of drug-likeness (QED) is 0.602. The third-order valence-corrected chi connectivity index (χ3v) is 4.20. The lowest BCUT2D eigenvalue weighted by atomic mass is 10.1. The number of nitrogens with zero attached hydrogens (tertiary/aromatic N) is 2. The number of carbonyl (C=O) groups is 3. The molecule has 2 rings (SSSR count). The van der Waals surface area contributed by atoms with Gasteiger partial charge in [-0.15, -0.1) is 0 Å². The molecule has 1 unspecified atom stereocenters. The van der Waals surface area contributed by atoms with Gasteiger partial charge in [-0.2, -0.15) is 0 Å². The zero-order chi connectivity index (χ0) is 17.7. The van der Waals surface area contributed by atoms with E-state index in [1.54, 1.807) is 11.8 Å². The molecule has 5 nitrogen and oxygen atoms in total. The van der Waals surface area contributed by atoms with Gasteiger partial charge in [-0.3, -0.25) is 9.59 Å². The van der Waals surface area contributed by atoms with Crippen molar-refractivity contribution in [3.05, 3.63) is 40.7 Å². The Morgan fingerprint density at radius 3 is 2.83 bits per heavy atom. The zero-order valence-electron chi connectivity index (χ0n) is 13.2. The van der Waals surface area contributed by atoms with E-state index in [1.165, 1.54) is 35.3 Å². The van der Waals surface area contributed by atoms with E-state index in [0.29, 0.717) is 25.2 Å². The van der Waals surface area contributed by atoms with E-state index in [9.17, 15) is 18.8 Å². The maximum Gasteiger partial charge on any atom is 0.247 e. The summed E-state index contributed by atoms with van der Waals surface area (Å²) >= 11 is 5.70. The average molecular weight is 353 g/mol. The van der Waals surface area contributed by atoms with E-state index in [0.717, 1.165) is 6.29 Å². The van der Waals surface area contributed by atoms with Crippen molar-refractivity contribution < 1.29 is 18.8 Å². The van der Waals surface area contributed by atoms with Crippen LogP contribution < -0.4 is 0 Å². The molecule has 1 aromatic rings. The van der Waals surface area contributed by atoms with Crippen molar-refractivity contribution in [2.75, 3.05) is 19.6 Å². The Labute approximate surface area is 144 Å². The van der Waals surface area contributed by atoms with Crippen LogP contribution in [0.25, 0.3) is 6.08 Å². The fourth-order valence-corrected chi connectivity index (χ4v) is 2.73. The number of piperazine rings is 1. The second kappa shape index (κ2) is 8.06. The van der Waals surface area contributed by atoms with Gasteiger partial charge in [0.25, 0.3) is 0 Å². The molecule has 1 aromatic carbocycles. The topological polar surface area (TPSA) is 57.7 Å². The number of rotatable bonds is 5. The maximum absolute atomic E-state index is 13.1. The fourth-order valence-electron chi connectivity index (χ4n) is 2.54. The van der Waals surface area contributed by atoms with E-state index < -0.39 is 11.9 Å². The molecule has 1 heterocycles. The average Bonchev–Trinajstić information content (AvgIpc) is 2.57. The molecule has 0 radical (unpaired) electrons. The number of hydrogen-bond donors (Lipinski definition) is 0. The van der Waals surface area contributed by atoms with Crippen LogP contribution in [-0.2, 0) is 14.4 Å². The molecule has 0 aromatic heterocycles. The molecule has 0 bridgehead atoms. The molecule has 2 amide bonds. The predicted octanol–water partition coefficient (Wildman–Crippen LogP) is 2.14. The molecule has 1 aliphatic heterocycles. The molecule has 7 heteroatoms. The minimum Gasteiger partial charge on any atom is -0.339 e. The molecule has 0 N–H and O–H groups in total. The second-order valence-corrected chi connectivity index (χ2v) is 5.90. The van der Waals surface area contributed by atoms with Crippen molar-refractivity contribution >= 4 is 35.8 Å². The van der Waals surface area contributed by atoms with E-state index in [4.69, 9.17) is 11.6 Å². The largest absolute Gasteiger partial charge is 0.339 e. The first kappa shape index (κ1) is 18.1. The van der Waals surface area contributed by atoms with Crippen molar-refractivity contribution in [3.63, 3.8) is 0 Å². The van der Waals surface area contributed by atoms with Crippen LogP contribution in [0.2, 0.25) is 5.02 Å². The van der Waals surface area contributed by atoms with E-state index in [2.05, 4.69) is 0 Å². The summed E-state index contributed by atoms with van der Waals surface area (Å²) in [6.07, 6.45) is 3.93. The SMILES string of the molecule is CC1C(=O)N(CCC=O)CCN1C(=O)C=Cc1ccc(F)c(Cl)c1. The van der Waals surface area contributed by atoms with Gasteiger partial charge < -0.3 is 14.6 Å². The lowest BCUT2D eigenvalue weighted by molar-refractivity contribution is -0.148. The number of halogens is 2. The summed E-state index contributed by atoms with van der Waals surface area (Å²) in [7, 11) is 0. The smallest absolute Gasteiger partial charge is 0.247 e. The highest BCUT2D eigenvalue weighted by Crippen LogP contribution is 2.17. The third kappa shape index (κ3) is 4.20. The molecule has 0 aliphatic carbocycles. The van der Waals surface area contributed by atoms with Crippen LogP contribution in [0.3, 0.4) is 0 Å². The molecular weight excluding hydrogens is 335 g/mol. The Kier molecular flexibility index (Phi) is 6.09.